The van der Waals surface area contributed by atoms with Gasteiger partial charge in [-0.05, 0) is 40.2 Å². The number of para-hydroxylation sites is 1. The number of carbonyl (C=O) groups excluding carboxylic acids is 1. The van der Waals surface area contributed by atoms with Crippen molar-refractivity contribution in [2.24, 2.45) is 0 Å². The monoisotopic (exact) mass is 363 g/mol. The van der Waals surface area contributed by atoms with Crippen LogP contribution in [-0.4, -0.2) is 12.9 Å². The average Bonchev–Trinajstić information content (AvgIpc) is 2.51. The highest BCUT2D eigenvalue weighted by Crippen LogP contribution is 2.30. The highest BCUT2D eigenvalue weighted by atomic mass is 79.9. The summed E-state index contributed by atoms with van der Waals surface area (Å²) in [5.41, 5.74) is 0.974. The zero-order chi connectivity index (χ0) is 15.4. The molecule has 1 atom stereocenters. The Bertz CT molecular complexity index is 724. The van der Waals surface area contributed by atoms with E-state index in [0.29, 0.717) is 26.4 Å². The topological polar surface area (TPSA) is 50.1 Å². The van der Waals surface area contributed by atoms with Crippen LogP contribution in [0, 0.1) is 11.3 Å². The molecule has 2 rings (SSSR count). The second-order valence-electron chi connectivity index (χ2n) is 4.30. The Morgan fingerprint density at radius 1 is 1.33 bits per heavy atom. The Morgan fingerprint density at radius 2 is 2.05 bits per heavy atom. The van der Waals surface area contributed by atoms with Gasteiger partial charge in [0.05, 0.1) is 18.2 Å². The lowest BCUT2D eigenvalue weighted by atomic mass is 9.91. The van der Waals surface area contributed by atoms with E-state index in [1.54, 1.807) is 42.5 Å². The van der Waals surface area contributed by atoms with Crippen molar-refractivity contribution in [1.82, 2.24) is 0 Å². The zero-order valence-electron chi connectivity index (χ0n) is 11.1. The van der Waals surface area contributed by atoms with Crippen LogP contribution < -0.4 is 4.74 Å². The summed E-state index contributed by atoms with van der Waals surface area (Å²) in [6, 6.07) is 13.9. The van der Waals surface area contributed by atoms with E-state index >= 15 is 0 Å². The van der Waals surface area contributed by atoms with Gasteiger partial charge in [0.25, 0.3) is 0 Å². The normalized spacial score (nSPS) is 11.5. The molecule has 0 aliphatic heterocycles. The Kier molecular flexibility index (Phi) is 5.00. The lowest BCUT2D eigenvalue weighted by Crippen LogP contribution is -2.12. The molecule has 106 valence electrons. The molecule has 0 amide bonds. The number of hydrogen-bond donors (Lipinski definition) is 0. The molecule has 0 heterocycles. The summed E-state index contributed by atoms with van der Waals surface area (Å²) in [6.07, 6.45) is 0. The molecule has 2 aromatic rings. The number of ketones is 1. The lowest BCUT2D eigenvalue weighted by molar-refractivity contribution is 0.0977. The number of benzene rings is 2. The predicted molar refractivity (Wildman–Crippen MR) is 84.8 cm³/mol. The van der Waals surface area contributed by atoms with E-state index in [-0.39, 0.29) is 5.78 Å². The standard InChI is InChI=1S/C16H11BrClNO2/c1-21-15-5-3-2-4-11(15)12(9-19)16(20)10-6-7-14(18)13(17)8-10/h2-8,12H,1H3. The highest BCUT2D eigenvalue weighted by molar-refractivity contribution is 9.10. The molecule has 5 heteroatoms. The Labute approximate surface area is 136 Å². The molecule has 2 aromatic carbocycles. The predicted octanol–water partition coefficient (Wildman–Crippen LogP) is 4.60. The van der Waals surface area contributed by atoms with E-state index in [2.05, 4.69) is 15.9 Å². The number of rotatable bonds is 4. The molecule has 0 N–H and O–H groups in total. The van der Waals surface area contributed by atoms with E-state index in [9.17, 15) is 10.1 Å². The van der Waals surface area contributed by atoms with Gasteiger partial charge < -0.3 is 4.74 Å². The Hall–Kier alpha value is -1.83. The number of nitriles is 1. The van der Waals surface area contributed by atoms with Gasteiger partial charge in [0.1, 0.15) is 11.7 Å². The van der Waals surface area contributed by atoms with Crippen molar-refractivity contribution < 1.29 is 9.53 Å². The molecular weight excluding hydrogens is 354 g/mol. The molecule has 0 saturated carbocycles. The maximum atomic E-state index is 12.6. The summed E-state index contributed by atoms with van der Waals surface area (Å²) in [7, 11) is 1.51. The van der Waals surface area contributed by atoms with Crippen LogP contribution in [0.25, 0.3) is 0 Å². The summed E-state index contributed by atoms with van der Waals surface area (Å²) in [5, 5.41) is 9.90. The number of halogens is 2. The molecule has 0 spiro atoms. The van der Waals surface area contributed by atoms with E-state index in [0.717, 1.165) is 0 Å². The first kappa shape index (κ1) is 15.6. The zero-order valence-corrected chi connectivity index (χ0v) is 13.5. The summed E-state index contributed by atoms with van der Waals surface area (Å²) in [6.45, 7) is 0. The number of Topliss-reactive ketones (excluding diaryl/α,β-unsaturated/α-hetero) is 1. The minimum Gasteiger partial charge on any atom is -0.496 e. The fourth-order valence-corrected chi connectivity index (χ4v) is 2.49. The second kappa shape index (κ2) is 6.75. The summed E-state index contributed by atoms with van der Waals surface area (Å²) < 4.78 is 5.84. The minimum absolute atomic E-state index is 0.292. The van der Waals surface area contributed by atoms with Crippen molar-refractivity contribution in [1.29, 1.82) is 5.26 Å². The molecule has 1 unspecified atom stereocenters. The number of nitrogens with zero attached hydrogens (tertiary/aromatic N) is 1. The van der Waals surface area contributed by atoms with Crippen molar-refractivity contribution in [3.63, 3.8) is 0 Å². The van der Waals surface area contributed by atoms with Crippen LogP contribution in [0.3, 0.4) is 0 Å². The van der Waals surface area contributed by atoms with Gasteiger partial charge in [0.2, 0.25) is 0 Å². The maximum absolute atomic E-state index is 12.6. The highest BCUT2D eigenvalue weighted by Gasteiger charge is 2.25. The van der Waals surface area contributed by atoms with E-state index < -0.39 is 5.92 Å². The SMILES string of the molecule is COc1ccccc1C(C#N)C(=O)c1ccc(Cl)c(Br)c1. The second-order valence-corrected chi connectivity index (χ2v) is 5.56. The maximum Gasteiger partial charge on any atom is 0.184 e. The van der Waals surface area contributed by atoms with Crippen molar-refractivity contribution >= 4 is 33.3 Å². The molecule has 0 bridgehead atoms. The molecule has 0 aliphatic carbocycles. The average molecular weight is 365 g/mol. The molecule has 0 fully saturated rings. The first-order valence-corrected chi connectivity index (χ1v) is 7.27. The molecular formula is C16H11BrClNO2. The number of methoxy groups -OCH3 is 1. The molecule has 3 nitrogen and oxygen atoms in total. The number of carbonyl (C=O) groups is 1. The third-order valence-electron chi connectivity index (χ3n) is 3.05. The number of ether oxygens (including phenoxy) is 1. The van der Waals surface area contributed by atoms with Crippen LogP contribution in [0.4, 0.5) is 0 Å². The summed E-state index contributed by atoms with van der Waals surface area (Å²) in [4.78, 5) is 12.6. The van der Waals surface area contributed by atoms with Gasteiger partial charge in [-0.15, -0.1) is 0 Å². The fraction of sp³-hybridized carbons (Fsp3) is 0.125. The molecule has 21 heavy (non-hydrogen) atoms. The van der Waals surface area contributed by atoms with Gasteiger partial charge in [0, 0.05) is 15.6 Å². The number of hydrogen-bond acceptors (Lipinski definition) is 3. The van der Waals surface area contributed by atoms with Crippen molar-refractivity contribution in [3.8, 4) is 11.8 Å². The van der Waals surface area contributed by atoms with Gasteiger partial charge in [-0.3, -0.25) is 4.79 Å². The lowest BCUT2D eigenvalue weighted by Gasteiger charge is -2.13. The van der Waals surface area contributed by atoms with Crippen LogP contribution in [0.15, 0.2) is 46.9 Å². The van der Waals surface area contributed by atoms with Gasteiger partial charge in [-0.25, -0.2) is 0 Å². The van der Waals surface area contributed by atoms with Crippen LogP contribution >= 0.6 is 27.5 Å². The summed E-state index contributed by atoms with van der Waals surface area (Å²) >= 11 is 9.20. The smallest absolute Gasteiger partial charge is 0.184 e. The largest absolute Gasteiger partial charge is 0.496 e. The van der Waals surface area contributed by atoms with E-state index in [4.69, 9.17) is 16.3 Å². The quantitative estimate of drug-likeness (QED) is 0.745. The van der Waals surface area contributed by atoms with Crippen LogP contribution in [-0.2, 0) is 0 Å². The fourth-order valence-electron chi connectivity index (χ4n) is 1.99. The third-order valence-corrected chi connectivity index (χ3v) is 4.26. The van der Waals surface area contributed by atoms with E-state index in [1.807, 2.05) is 6.07 Å². The molecule has 0 radical (unpaired) electrons. The first-order valence-electron chi connectivity index (χ1n) is 6.10. The first-order chi connectivity index (χ1) is 10.1. The van der Waals surface area contributed by atoms with E-state index in [1.165, 1.54) is 7.11 Å². The van der Waals surface area contributed by atoms with Crippen molar-refractivity contribution in [3.05, 3.63) is 63.1 Å². The van der Waals surface area contributed by atoms with Crippen molar-refractivity contribution in [2.45, 2.75) is 5.92 Å². The van der Waals surface area contributed by atoms with Crippen LogP contribution in [0.2, 0.25) is 5.02 Å². The Morgan fingerprint density at radius 3 is 2.67 bits per heavy atom. The summed E-state index contributed by atoms with van der Waals surface area (Å²) in [5.74, 6) is -0.695. The molecule has 0 saturated heterocycles. The molecule has 0 aliphatic rings. The van der Waals surface area contributed by atoms with Gasteiger partial charge >= 0.3 is 0 Å². The molecule has 0 aromatic heterocycles. The third kappa shape index (κ3) is 3.26. The Balaban J connectivity index is 2.44. The van der Waals surface area contributed by atoms with Gasteiger partial charge in [0.15, 0.2) is 5.78 Å². The van der Waals surface area contributed by atoms with Gasteiger partial charge in [-0.2, -0.15) is 5.26 Å². The van der Waals surface area contributed by atoms with Crippen LogP contribution in [0.5, 0.6) is 5.75 Å². The van der Waals surface area contributed by atoms with Gasteiger partial charge in [-0.1, -0.05) is 29.8 Å². The minimum atomic E-state index is -0.922. The van der Waals surface area contributed by atoms with Crippen LogP contribution in [0.1, 0.15) is 21.8 Å². The van der Waals surface area contributed by atoms with Crippen molar-refractivity contribution in [2.75, 3.05) is 7.11 Å².